The lowest BCUT2D eigenvalue weighted by Crippen LogP contribution is -2.35. The highest BCUT2D eigenvalue weighted by Gasteiger charge is 2.33. The quantitative estimate of drug-likeness (QED) is 0.761. The van der Waals surface area contributed by atoms with Crippen molar-refractivity contribution in [2.24, 2.45) is 0 Å². The highest BCUT2D eigenvalue weighted by atomic mass is 16.5. The van der Waals surface area contributed by atoms with Crippen molar-refractivity contribution in [2.45, 2.75) is 19.4 Å². The van der Waals surface area contributed by atoms with Gasteiger partial charge in [0.25, 0.3) is 0 Å². The number of aromatic nitrogens is 2. The van der Waals surface area contributed by atoms with Crippen LogP contribution in [0.2, 0.25) is 0 Å². The number of hydrogen-bond donors (Lipinski definition) is 2. The maximum absolute atomic E-state index is 13.0. The van der Waals surface area contributed by atoms with Crippen molar-refractivity contribution in [2.75, 3.05) is 17.7 Å². The van der Waals surface area contributed by atoms with E-state index in [1.807, 2.05) is 43.3 Å². The van der Waals surface area contributed by atoms with Crippen LogP contribution >= 0.6 is 0 Å². The molecule has 7 nitrogen and oxygen atoms in total. The van der Waals surface area contributed by atoms with E-state index in [-0.39, 0.29) is 18.2 Å². The number of carbonyl (C=O) groups is 2. The number of hydrogen-bond acceptors (Lipinski definition) is 4. The molecule has 132 valence electrons. The lowest BCUT2D eigenvalue weighted by Gasteiger charge is -2.25. The number of fused-ring (bicyclic) bond motifs is 3. The molecule has 0 aliphatic carbocycles. The molecule has 2 aromatic carbocycles. The largest absolute Gasteiger partial charge is 0.495 e. The first-order valence-corrected chi connectivity index (χ1v) is 8.29. The third-order valence-corrected chi connectivity index (χ3v) is 4.45. The van der Waals surface area contributed by atoms with Crippen molar-refractivity contribution < 1.29 is 14.3 Å². The average Bonchev–Trinajstić information content (AvgIpc) is 2.99. The molecule has 0 spiro atoms. The summed E-state index contributed by atoms with van der Waals surface area (Å²) in [5, 5.41) is 5.63. The van der Waals surface area contributed by atoms with Gasteiger partial charge in [0.2, 0.25) is 17.8 Å². The SMILES string of the molecule is COc1ccc(C)cc1NC(=O)C1CC(=O)Nc2nc3ccccc3n21. The van der Waals surface area contributed by atoms with Gasteiger partial charge in [-0.05, 0) is 36.8 Å². The summed E-state index contributed by atoms with van der Waals surface area (Å²) in [5.41, 5.74) is 3.11. The Morgan fingerprint density at radius 2 is 2.12 bits per heavy atom. The predicted molar refractivity (Wildman–Crippen MR) is 98.4 cm³/mol. The van der Waals surface area contributed by atoms with Crippen molar-refractivity contribution in [1.29, 1.82) is 0 Å². The molecule has 0 fully saturated rings. The van der Waals surface area contributed by atoms with Gasteiger partial charge in [-0.1, -0.05) is 18.2 Å². The molecular formula is C19H18N4O3. The summed E-state index contributed by atoms with van der Waals surface area (Å²) in [6.07, 6.45) is 0.0489. The zero-order chi connectivity index (χ0) is 18.3. The van der Waals surface area contributed by atoms with Gasteiger partial charge in [0.15, 0.2) is 0 Å². The first-order chi connectivity index (χ1) is 12.6. The fourth-order valence-electron chi connectivity index (χ4n) is 3.24. The number of rotatable bonds is 3. The Bertz CT molecular complexity index is 1020. The van der Waals surface area contributed by atoms with Crippen LogP contribution in [0.15, 0.2) is 42.5 Å². The topological polar surface area (TPSA) is 85.2 Å². The van der Waals surface area contributed by atoms with E-state index in [1.54, 1.807) is 17.7 Å². The number of para-hydroxylation sites is 2. The minimum absolute atomic E-state index is 0.0489. The number of benzene rings is 2. The standard InChI is InChI=1S/C19H18N4O3/c1-11-7-8-16(26-2)13(9-11)20-18(25)15-10-17(24)22-19-21-12-5-3-4-6-14(12)23(15)19/h3-9,15H,10H2,1-2H3,(H,20,25)(H,21,22,24). The van der Waals surface area contributed by atoms with E-state index in [4.69, 9.17) is 4.74 Å². The minimum Gasteiger partial charge on any atom is -0.495 e. The number of nitrogens with one attached hydrogen (secondary N) is 2. The summed E-state index contributed by atoms with van der Waals surface area (Å²) in [5.74, 6) is 0.441. The lowest BCUT2D eigenvalue weighted by molar-refractivity contribution is -0.124. The molecule has 0 saturated heterocycles. The first-order valence-electron chi connectivity index (χ1n) is 8.29. The number of nitrogens with zero attached hydrogens (tertiary/aromatic N) is 2. The summed E-state index contributed by atoms with van der Waals surface area (Å²) in [7, 11) is 1.55. The molecule has 7 heteroatoms. The minimum atomic E-state index is -0.684. The molecule has 1 atom stereocenters. The van der Waals surface area contributed by atoms with Gasteiger partial charge in [0.1, 0.15) is 11.8 Å². The van der Waals surface area contributed by atoms with Crippen molar-refractivity contribution in [1.82, 2.24) is 9.55 Å². The maximum Gasteiger partial charge on any atom is 0.248 e. The summed E-state index contributed by atoms with van der Waals surface area (Å²) in [6, 6.07) is 12.4. The van der Waals surface area contributed by atoms with Gasteiger partial charge in [-0.2, -0.15) is 0 Å². The fraction of sp³-hybridized carbons (Fsp3) is 0.211. The number of amides is 2. The third kappa shape index (κ3) is 2.67. The van der Waals surface area contributed by atoms with E-state index in [2.05, 4.69) is 15.6 Å². The summed E-state index contributed by atoms with van der Waals surface area (Å²) >= 11 is 0. The Morgan fingerprint density at radius 1 is 1.31 bits per heavy atom. The molecular weight excluding hydrogens is 332 g/mol. The summed E-state index contributed by atoms with van der Waals surface area (Å²) < 4.78 is 7.09. The van der Waals surface area contributed by atoms with Gasteiger partial charge in [-0.15, -0.1) is 0 Å². The smallest absolute Gasteiger partial charge is 0.248 e. The number of ether oxygens (including phenoxy) is 1. The molecule has 2 amide bonds. The first kappa shape index (κ1) is 16.1. The van der Waals surface area contributed by atoms with Crippen LogP contribution in [0.4, 0.5) is 11.6 Å². The highest BCUT2D eigenvalue weighted by molar-refractivity contribution is 6.03. The molecule has 1 aromatic heterocycles. The van der Waals surface area contributed by atoms with Gasteiger partial charge in [0, 0.05) is 0 Å². The van der Waals surface area contributed by atoms with E-state index in [0.717, 1.165) is 16.6 Å². The molecule has 3 aromatic rings. The number of methoxy groups -OCH3 is 1. The van der Waals surface area contributed by atoms with E-state index in [0.29, 0.717) is 17.4 Å². The predicted octanol–water partition coefficient (Wildman–Crippen LogP) is 2.88. The van der Waals surface area contributed by atoms with Crippen LogP contribution < -0.4 is 15.4 Å². The normalized spacial score (nSPS) is 16.1. The second-order valence-corrected chi connectivity index (χ2v) is 6.26. The van der Waals surface area contributed by atoms with E-state index in [1.165, 1.54) is 0 Å². The molecule has 1 aliphatic heterocycles. The maximum atomic E-state index is 13.0. The molecule has 4 rings (SSSR count). The average molecular weight is 350 g/mol. The van der Waals surface area contributed by atoms with Crippen molar-refractivity contribution >= 4 is 34.5 Å². The van der Waals surface area contributed by atoms with Crippen LogP contribution in [-0.2, 0) is 9.59 Å². The van der Waals surface area contributed by atoms with Gasteiger partial charge in [-0.3, -0.25) is 19.5 Å². The van der Waals surface area contributed by atoms with Crippen LogP contribution in [0.25, 0.3) is 11.0 Å². The molecule has 2 heterocycles. The van der Waals surface area contributed by atoms with Crippen molar-refractivity contribution in [3.05, 3.63) is 48.0 Å². The van der Waals surface area contributed by atoms with Crippen LogP contribution in [0.5, 0.6) is 5.75 Å². The Hall–Kier alpha value is -3.35. The number of aryl methyl sites for hydroxylation is 1. The number of carbonyl (C=O) groups excluding carboxylic acids is 2. The van der Waals surface area contributed by atoms with Crippen molar-refractivity contribution in [3.63, 3.8) is 0 Å². The highest BCUT2D eigenvalue weighted by Crippen LogP contribution is 2.32. The van der Waals surface area contributed by atoms with Crippen molar-refractivity contribution in [3.8, 4) is 5.75 Å². The van der Waals surface area contributed by atoms with Crippen LogP contribution in [0.1, 0.15) is 18.0 Å². The molecule has 0 bridgehead atoms. The Labute approximate surface area is 150 Å². The fourth-order valence-corrected chi connectivity index (χ4v) is 3.24. The number of anilines is 2. The molecule has 0 saturated carbocycles. The third-order valence-electron chi connectivity index (χ3n) is 4.45. The zero-order valence-corrected chi connectivity index (χ0v) is 14.4. The van der Waals surface area contributed by atoms with E-state index in [9.17, 15) is 9.59 Å². The van der Waals surface area contributed by atoms with Gasteiger partial charge >= 0.3 is 0 Å². The van der Waals surface area contributed by atoms with E-state index < -0.39 is 6.04 Å². The van der Waals surface area contributed by atoms with E-state index >= 15 is 0 Å². The second-order valence-electron chi connectivity index (χ2n) is 6.26. The van der Waals surface area contributed by atoms with Crippen LogP contribution in [0.3, 0.4) is 0 Å². The van der Waals surface area contributed by atoms with Crippen LogP contribution in [0, 0.1) is 6.92 Å². The summed E-state index contributed by atoms with van der Waals surface area (Å²) in [4.78, 5) is 29.5. The monoisotopic (exact) mass is 350 g/mol. The molecule has 1 unspecified atom stereocenters. The molecule has 26 heavy (non-hydrogen) atoms. The number of imidazole rings is 1. The summed E-state index contributed by atoms with van der Waals surface area (Å²) in [6.45, 7) is 1.94. The van der Waals surface area contributed by atoms with Gasteiger partial charge in [-0.25, -0.2) is 4.98 Å². The Balaban J connectivity index is 1.74. The van der Waals surface area contributed by atoms with Gasteiger partial charge < -0.3 is 10.1 Å². The second kappa shape index (κ2) is 6.18. The molecule has 1 aliphatic rings. The Morgan fingerprint density at radius 3 is 2.92 bits per heavy atom. The molecule has 2 N–H and O–H groups in total. The zero-order valence-electron chi connectivity index (χ0n) is 14.4. The van der Waals surface area contributed by atoms with Gasteiger partial charge in [0.05, 0.1) is 30.3 Å². The van der Waals surface area contributed by atoms with Crippen LogP contribution in [-0.4, -0.2) is 28.5 Å². The lowest BCUT2D eigenvalue weighted by atomic mass is 10.1. The Kier molecular flexibility index (Phi) is 3.84. The molecule has 0 radical (unpaired) electrons.